The number of rotatable bonds is 7. The summed E-state index contributed by atoms with van der Waals surface area (Å²) in [7, 11) is 0. The number of aromatic nitrogens is 1. The fraction of sp³-hybridized carbons (Fsp3) is 0.194. The van der Waals surface area contributed by atoms with Gasteiger partial charge in [0.05, 0.1) is 38.8 Å². The lowest BCUT2D eigenvalue weighted by Crippen LogP contribution is -2.33. The zero-order chi connectivity index (χ0) is 31.1. The lowest BCUT2D eigenvalue weighted by Gasteiger charge is -2.31. The Morgan fingerprint density at radius 1 is 0.932 bits per heavy atom. The SMILES string of the molecule is CCOC(=O)c1ccc(NC(=O)Cn2c3c(sc2=O)[C@@H](c2cccc(Cl)c2Cl)[C@@H]2C(=O)N(c4ccccc4)C(=O)[C@@H]2S3)cc1. The van der Waals surface area contributed by atoms with Crippen LogP contribution in [-0.2, 0) is 25.7 Å². The molecular formula is C31H23Cl2N3O6S2. The predicted octanol–water partition coefficient (Wildman–Crippen LogP) is 5.83. The Kier molecular flexibility index (Phi) is 8.38. The summed E-state index contributed by atoms with van der Waals surface area (Å²) in [4.78, 5) is 67.5. The van der Waals surface area contributed by atoms with Crippen molar-refractivity contribution in [2.75, 3.05) is 16.8 Å². The number of carbonyl (C=O) groups excluding carboxylic acids is 4. The van der Waals surface area contributed by atoms with E-state index in [9.17, 15) is 24.0 Å². The molecule has 1 aromatic heterocycles. The average molecular weight is 669 g/mol. The number of fused-ring (bicyclic) bond motifs is 2. The first-order chi connectivity index (χ1) is 21.2. The van der Waals surface area contributed by atoms with Gasteiger partial charge in [0.2, 0.25) is 17.7 Å². The molecule has 1 N–H and O–H groups in total. The third-order valence-corrected chi connectivity index (χ3v) is 10.8. The van der Waals surface area contributed by atoms with Crippen molar-refractivity contribution in [3.8, 4) is 0 Å². The number of amides is 3. The van der Waals surface area contributed by atoms with E-state index in [4.69, 9.17) is 27.9 Å². The van der Waals surface area contributed by atoms with E-state index in [1.165, 1.54) is 21.6 Å². The van der Waals surface area contributed by atoms with Gasteiger partial charge in [-0.1, -0.05) is 76.6 Å². The van der Waals surface area contributed by atoms with Gasteiger partial charge < -0.3 is 10.1 Å². The van der Waals surface area contributed by atoms with Crippen LogP contribution in [0.25, 0.3) is 0 Å². The highest BCUT2D eigenvalue weighted by molar-refractivity contribution is 8.00. The molecule has 0 saturated carbocycles. The number of hydrogen-bond acceptors (Lipinski definition) is 8. The van der Waals surface area contributed by atoms with Crippen LogP contribution in [0, 0.1) is 5.92 Å². The first kappa shape index (κ1) is 30.1. The highest BCUT2D eigenvalue weighted by Gasteiger charge is 2.57. The first-order valence-electron chi connectivity index (χ1n) is 13.5. The van der Waals surface area contributed by atoms with Crippen LogP contribution in [0.15, 0.2) is 82.6 Å². The largest absolute Gasteiger partial charge is 0.462 e. The number of thiazole rings is 1. The number of nitrogens with one attached hydrogen (secondary N) is 1. The Morgan fingerprint density at radius 3 is 2.36 bits per heavy atom. The molecule has 0 bridgehead atoms. The highest BCUT2D eigenvalue weighted by Crippen LogP contribution is 2.55. The van der Waals surface area contributed by atoms with Gasteiger partial charge in [0.1, 0.15) is 11.8 Å². The third kappa shape index (κ3) is 5.34. The van der Waals surface area contributed by atoms with Gasteiger partial charge in [-0.2, -0.15) is 0 Å². The summed E-state index contributed by atoms with van der Waals surface area (Å²) in [6.07, 6.45) is 0. The standard InChI is InChI=1S/C31H23Cl2N3O6S2/c1-2-42-30(40)16-11-13-17(14-12-16)34-21(37)15-35-29-26(44-31(35)41)22(19-9-6-10-20(32)24(19)33)23-25(43-29)28(39)36(27(23)38)18-7-4-3-5-8-18/h3-14,22-23,25H,2,15H2,1H3,(H,34,37)/t22-,23-,25+/m0/s1. The summed E-state index contributed by atoms with van der Waals surface area (Å²) >= 11 is 15.1. The summed E-state index contributed by atoms with van der Waals surface area (Å²) in [5, 5.41) is 2.80. The van der Waals surface area contributed by atoms with Crippen molar-refractivity contribution in [2.45, 2.75) is 29.7 Å². The number of ether oxygens (including phenoxy) is 1. The fourth-order valence-electron chi connectivity index (χ4n) is 5.43. The fourth-order valence-corrected chi connectivity index (χ4v) is 8.62. The van der Waals surface area contributed by atoms with Crippen LogP contribution in [0.4, 0.5) is 11.4 Å². The number of anilines is 2. The van der Waals surface area contributed by atoms with Gasteiger partial charge in [-0.25, -0.2) is 9.69 Å². The van der Waals surface area contributed by atoms with Gasteiger partial charge in [-0.15, -0.1) is 0 Å². The predicted molar refractivity (Wildman–Crippen MR) is 170 cm³/mol. The molecule has 1 saturated heterocycles. The topological polar surface area (TPSA) is 115 Å². The van der Waals surface area contributed by atoms with E-state index in [0.717, 1.165) is 23.1 Å². The second-order valence-electron chi connectivity index (χ2n) is 10.0. The van der Waals surface area contributed by atoms with E-state index in [1.54, 1.807) is 67.6 Å². The summed E-state index contributed by atoms with van der Waals surface area (Å²) in [6, 6.07) is 19.9. The minimum Gasteiger partial charge on any atom is -0.462 e. The van der Waals surface area contributed by atoms with Crippen molar-refractivity contribution >= 4 is 81.4 Å². The molecule has 0 unspecified atom stereocenters. The van der Waals surface area contributed by atoms with Crippen molar-refractivity contribution in [1.29, 1.82) is 0 Å². The highest BCUT2D eigenvalue weighted by atomic mass is 35.5. The van der Waals surface area contributed by atoms with E-state index in [-0.39, 0.29) is 23.2 Å². The molecule has 1 fully saturated rings. The molecule has 3 aromatic carbocycles. The summed E-state index contributed by atoms with van der Waals surface area (Å²) in [5.74, 6) is -3.38. The van der Waals surface area contributed by atoms with Crippen LogP contribution >= 0.6 is 46.3 Å². The van der Waals surface area contributed by atoms with Crippen LogP contribution in [0.2, 0.25) is 10.0 Å². The van der Waals surface area contributed by atoms with Crippen LogP contribution in [0.3, 0.4) is 0 Å². The van der Waals surface area contributed by atoms with Gasteiger partial charge >= 0.3 is 10.8 Å². The second kappa shape index (κ2) is 12.2. The number of benzene rings is 3. The smallest absolute Gasteiger partial charge is 0.338 e. The molecule has 2 aliphatic heterocycles. The molecule has 2 aliphatic rings. The summed E-state index contributed by atoms with van der Waals surface area (Å²) in [6.45, 7) is 1.61. The Morgan fingerprint density at radius 2 is 1.66 bits per heavy atom. The number of carbonyl (C=O) groups is 4. The number of thioether (sulfide) groups is 1. The second-order valence-corrected chi connectivity index (χ2v) is 12.9. The lowest BCUT2D eigenvalue weighted by molar-refractivity contribution is -0.122. The third-order valence-electron chi connectivity index (χ3n) is 7.36. The number of nitrogens with zero attached hydrogens (tertiary/aromatic N) is 2. The molecule has 3 atom stereocenters. The van der Waals surface area contributed by atoms with Gasteiger partial charge in [0, 0.05) is 16.5 Å². The molecule has 4 aromatic rings. The Labute approximate surface area is 269 Å². The van der Waals surface area contributed by atoms with Gasteiger partial charge in [0.15, 0.2) is 0 Å². The first-order valence-corrected chi connectivity index (χ1v) is 16.0. The molecule has 6 rings (SSSR count). The van der Waals surface area contributed by atoms with Gasteiger partial charge in [-0.05, 0) is 55.0 Å². The summed E-state index contributed by atoms with van der Waals surface area (Å²) < 4.78 is 6.30. The van der Waals surface area contributed by atoms with E-state index in [1.807, 2.05) is 0 Å². The molecule has 9 nitrogen and oxygen atoms in total. The van der Waals surface area contributed by atoms with E-state index in [0.29, 0.717) is 32.4 Å². The van der Waals surface area contributed by atoms with Gasteiger partial charge in [0.25, 0.3) is 0 Å². The maximum Gasteiger partial charge on any atom is 0.338 e. The number of para-hydroxylation sites is 1. The van der Waals surface area contributed by atoms with Crippen molar-refractivity contribution in [3.05, 3.63) is 109 Å². The Hall–Kier alpha value is -3.90. The van der Waals surface area contributed by atoms with Crippen molar-refractivity contribution in [1.82, 2.24) is 4.57 Å². The Bertz CT molecular complexity index is 1860. The van der Waals surface area contributed by atoms with Crippen LogP contribution in [-0.4, -0.2) is 40.1 Å². The molecule has 13 heteroatoms. The summed E-state index contributed by atoms with van der Waals surface area (Å²) in [5.41, 5.74) is 1.73. The molecule has 0 spiro atoms. The number of hydrogen-bond donors (Lipinski definition) is 1. The molecule has 0 aliphatic carbocycles. The Balaban J connectivity index is 1.36. The van der Waals surface area contributed by atoms with Crippen LogP contribution in [0.1, 0.15) is 33.6 Å². The van der Waals surface area contributed by atoms with Crippen LogP contribution in [0.5, 0.6) is 0 Å². The average Bonchev–Trinajstić information content (AvgIpc) is 3.45. The van der Waals surface area contributed by atoms with Crippen molar-refractivity contribution < 1.29 is 23.9 Å². The lowest BCUT2D eigenvalue weighted by atomic mass is 9.83. The van der Waals surface area contributed by atoms with E-state index >= 15 is 0 Å². The molecule has 3 amide bonds. The number of imide groups is 1. The maximum atomic E-state index is 14.0. The minimum atomic E-state index is -0.867. The van der Waals surface area contributed by atoms with E-state index < -0.39 is 45.6 Å². The minimum absolute atomic E-state index is 0.227. The molecule has 224 valence electrons. The maximum absolute atomic E-state index is 14.0. The molecule has 0 radical (unpaired) electrons. The van der Waals surface area contributed by atoms with Crippen molar-refractivity contribution in [3.63, 3.8) is 0 Å². The molecular weight excluding hydrogens is 645 g/mol. The van der Waals surface area contributed by atoms with Gasteiger partial charge in [-0.3, -0.25) is 23.7 Å². The zero-order valence-corrected chi connectivity index (χ0v) is 26.1. The van der Waals surface area contributed by atoms with Crippen molar-refractivity contribution in [2.24, 2.45) is 5.92 Å². The number of esters is 1. The van der Waals surface area contributed by atoms with Crippen LogP contribution < -0.4 is 15.1 Å². The van der Waals surface area contributed by atoms with E-state index in [2.05, 4.69) is 5.32 Å². The normalized spacial score (nSPS) is 19.0. The number of halogens is 2. The zero-order valence-electron chi connectivity index (χ0n) is 23.0. The molecule has 44 heavy (non-hydrogen) atoms. The quantitative estimate of drug-likeness (QED) is 0.195. The molecule has 3 heterocycles. The monoisotopic (exact) mass is 667 g/mol.